The second kappa shape index (κ2) is 6.75. The quantitative estimate of drug-likeness (QED) is 0.860. The average molecular weight is 295 g/mol. The minimum Gasteiger partial charge on any atom is -0.493 e. The highest BCUT2D eigenvalue weighted by atomic mass is 16.5. The summed E-state index contributed by atoms with van der Waals surface area (Å²) in [5.74, 6) is 1.28. The molecule has 0 bridgehead atoms. The molecule has 1 fully saturated rings. The predicted octanol–water partition coefficient (Wildman–Crippen LogP) is 3.42. The van der Waals surface area contributed by atoms with Gasteiger partial charge in [-0.05, 0) is 37.1 Å². The van der Waals surface area contributed by atoms with Crippen LogP contribution in [0.1, 0.15) is 35.2 Å². The van der Waals surface area contributed by atoms with Crippen LogP contribution in [0.15, 0.2) is 54.6 Å². The molecule has 3 heteroatoms. The summed E-state index contributed by atoms with van der Waals surface area (Å²) in [5.41, 5.74) is 7.43. The summed E-state index contributed by atoms with van der Waals surface area (Å²) in [6.45, 7) is 0.660. The van der Waals surface area contributed by atoms with E-state index >= 15 is 0 Å². The number of ketones is 1. The van der Waals surface area contributed by atoms with Gasteiger partial charge in [-0.2, -0.15) is 0 Å². The molecule has 0 spiro atoms. The smallest absolute Gasteiger partial charge is 0.193 e. The van der Waals surface area contributed by atoms with Gasteiger partial charge < -0.3 is 10.5 Å². The fraction of sp³-hybridized carbons (Fsp3) is 0.316. The van der Waals surface area contributed by atoms with E-state index in [1.165, 1.54) is 6.42 Å². The molecule has 0 amide bonds. The summed E-state index contributed by atoms with van der Waals surface area (Å²) in [7, 11) is 0. The van der Waals surface area contributed by atoms with Crippen LogP contribution in [-0.2, 0) is 0 Å². The molecule has 0 heterocycles. The van der Waals surface area contributed by atoms with E-state index in [9.17, 15) is 4.79 Å². The Kier molecular flexibility index (Phi) is 4.54. The number of carbonyl (C=O) groups excluding carboxylic acids is 1. The maximum Gasteiger partial charge on any atom is 0.193 e. The van der Waals surface area contributed by atoms with Crippen molar-refractivity contribution in [1.82, 2.24) is 0 Å². The lowest BCUT2D eigenvalue weighted by atomic mass is 10.0. The van der Waals surface area contributed by atoms with Crippen molar-refractivity contribution in [3.63, 3.8) is 0 Å². The number of hydrogen-bond donors (Lipinski definition) is 1. The monoisotopic (exact) mass is 295 g/mol. The van der Waals surface area contributed by atoms with E-state index in [0.29, 0.717) is 23.7 Å². The number of rotatable bonds is 5. The first-order chi connectivity index (χ1) is 10.7. The molecule has 1 saturated carbocycles. The van der Waals surface area contributed by atoms with Gasteiger partial charge in [-0.1, -0.05) is 36.8 Å². The minimum absolute atomic E-state index is 0.0324. The van der Waals surface area contributed by atoms with Crippen LogP contribution in [0.5, 0.6) is 5.75 Å². The van der Waals surface area contributed by atoms with Crippen LogP contribution in [0, 0.1) is 5.92 Å². The van der Waals surface area contributed by atoms with Crippen LogP contribution in [0.25, 0.3) is 0 Å². The number of benzene rings is 2. The Hall–Kier alpha value is -2.13. The van der Waals surface area contributed by atoms with E-state index < -0.39 is 0 Å². The first kappa shape index (κ1) is 14.8. The number of nitrogens with two attached hydrogens (primary N) is 1. The third-order valence-corrected chi connectivity index (χ3v) is 4.33. The van der Waals surface area contributed by atoms with Gasteiger partial charge in [0.05, 0.1) is 6.61 Å². The molecule has 0 aliphatic heterocycles. The Bertz CT molecular complexity index is 622. The third-order valence-electron chi connectivity index (χ3n) is 4.33. The molecule has 0 aromatic heterocycles. The molecule has 0 radical (unpaired) electrons. The van der Waals surface area contributed by atoms with Gasteiger partial charge in [0.1, 0.15) is 5.75 Å². The van der Waals surface area contributed by atoms with Gasteiger partial charge in [0.15, 0.2) is 5.78 Å². The second-order valence-electron chi connectivity index (χ2n) is 5.89. The molecule has 3 rings (SSSR count). The first-order valence-electron chi connectivity index (χ1n) is 7.82. The van der Waals surface area contributed by atoms with Crippen LogP contribution in [0.4, 0.5) is 0 Å². The predicted molar refractivity (Wildman–Crippen MR) is 87.1 cm³/mol. The number of ether oxygens (including phenoxy) is 1. The molecule has 3 nitrogen and oxygen atoms in total. The maximum absolute atomic E-state index is 12.3. The lowest BCUT2D eigenvalue weighted by Crippen LogP contribution is -2.28. The summed E-state index contributed by atoms with van der Waals surface area (Å²) in [5, 5.41) is 0. The zero-order valence-electron chi connectivity index (χ0n) is 12.6. The Labute approximate surface area is 131 Å². The number of carbonyl (C=O) groups is 1. The molecule has 0 saturated heterocycles. The molecule has 2 N–H and O–H groups in total. The van der Waals surface area contributed by atoms with Crippen molar-refractivity contribution in [2.24, 2.45) is 11.7 Å². The van der Waals surface area contributed by atoms with E-state index in [0.717, 1.165) is 18.6 Å². The molecule has 114 valence electrons. The maximum atomic E-state index is 12.3. The van der Waals surface area contributed by atoms with Gasteiger partial charge in [-0.25, -0.2) is 0 Å². The fourth-order valence-corrected chi connectivity index (χ4v) is 2.93. The van der Waals surface area contributed by atoms with Gasteiger partial charge in [0.25, 0.3) is 0 Å². The Morgan fingerprint density at radius 3 is 2.32 bits per heavy atom. The standard InChI is InChI=1S/C19H21NO2/c20-18-8-4-7-16(18)13-22-17-11-9-15(10-12-17)19(21)14-5-2-1-3-6-14/h1-3,5-6,9-12,16,18H,4,7-8,13,20H2/t16-,18-/m1/s1. The lowest BCUT2D eigenvalue weighted by Gasteiger charge is -2.16. The molecule has 2 aromatic carbocycles. The van der Waals surface area contributed by atoms with Crippen LogP contribution in [0.2, 0.25) is 0 Å². The highest BCUT2D eigenvalue weighted by Crippen LogP contribution is 2.25. The summed E-state index contributed by atoms with van der Waals surface area (Å²) >= 11 is 0. The normalized spacial score (nSPS) is 20.8. The highest BCUT2D eigenvalue weighted by Gasteiger charge is 2.24. The highest BCUT2D eigenvalue weighted by molar-refractivity contribution is 6.08. The summed E-state index contributed by atoms with van der Waals surface area (Å²) in [6, 6.07) is 16.9. The Balaban J connectivity index is 1.61. The topological polar surface area (TPSA) is 52.3 Å². The molecule has 0 unspecified atom stereocenters. The molecular weight excluding hydrogens is 274 g/mol. The van der Waals surface area contributed by atoms with E-state index in [1.54, 1.807) is 0 Å². The van der Waals surface area contributed by atoms with Gasteiger partial charge in [0.2, 0.25) is 0 Å². The van der Waals surface area contributed by atoms with E-state index in [1.807, 2.05) is 54.6 Å². The van der Waals surface area contributed by atoms with Gasteiger partial charge >= 0.3 is 0 Å². The minimum atomic E-state index is 0.0324. The van der Waals surface area contributed by atoms with Crippen LogP contribution < -0.4 is 10.5 Å². The zero-order chi connectivity index (χ0) is 15.4. The van der Waals surface area contributed by atoms with Gasteiger partial charge in [0, 0.05) is 23.1 Å². The van der Waals surface area contributed by atoms with E-state index in [2.05, 4.69) is 0 Å². The van der Waals surface area contributed by atoms with Crippen molar-refractivity contribution >= 4 is 5.78 Å². The Morgan fingerprint density at radius 1 is 1.00 bits per heavy atom. The Morgan fingerprint density at radius 2 is 1.68 bits per heavy atom. The van der Waals surface area contributed by atoms with E-state index in [4.69, 9.17) is 10.5 Å². The zero-order valence-corrected chi connectivity index (χ0v) is 12.6. The van der Waals surface area contributed by atoms with Gasteiger partial charge in [-0.3, -0.25) is 4.79 Å². The van der Waals surface area contributed by atoms with Crippen molar-refractivity contribution in [3.05, 3.63) is 65.7 Å². The van der Waals surface area contributed by atoms with Crippen LogP contribution in [0.3, 0.4) is 0 Å². The van der Waals surface area contributed by atoms with Crippen LogP contribution in [-0.4, -0.2) is 18.4 Å². The first-order valence-corrected chi connectivity index (χ1v) is 7.82. The number of hydrogen-bond acceptors (Lipinski definition) is 3. The summed E-state index contributed by atoms with van der Waals surface area (Å²) in [4.78, 5) is 12.3. The molecular formula is C19H21NO2. The van der Waals surface area contributed by atoms with Crippen molar-refractivity contribution in [2.45, 2.75) is 25.3 Å². The summed E-state index contributed by atoms with van der Waals surface area (Å²) in [6.07, 6.45) is 3.43. The van der Waals surface area contributed by atoms with Crippen molar-refractivity contribution < 1.29 is 9.53 Å². The molecule has 2 atom stereocenters. The average Bonchev–Trinajstić information content (AvgIpc) is 2.99. The molecule has 1 aliphatic rings. The summed E-state index contributed by atoms with van der Waals surface area (Å²) < 4.78 is 5.81. The fourth-order valence-electron chi connectivity index (χ4n) is 2.93. The SMILES string of the molecule is N[C@@H]1CCC[C@@H]1COc1ccc(C(=O)c2ccccc2)cc1. The van der Waals surface area contributed by atoms with Crippen molar-refractivity contribution in [3.8, 4) is 5.75 Å². The van der Waals surface area contributed by atoms with Crippen molar-refractivity contribution in [2.75, 3.05) is 6.61 Å². The lowest BCUT2D eigenvalue weighted by molar-refractivity contribution is 0.103. The second-order valence-corrected chi connectivity index (χ2v) is 5.89. The van der Waals surface area contributed by atoms with E-state index in [-0.39, 0.29) is 11.8 Å². The van der Waals surface area contributed by atoms with Crippen LogP contribution >= 0.6 is 0 Å². The molecule has 2 aromatic rings. The van der Waals surface area contributed by atoms with Crippen molar-refractivity contribution in [1.29, 1.82) is 0 Å². The third kappa shape index (κ3) is 3.37. The van der Waals surface area contributed by atoms with Gasteiger partial charge in [-0.15, -0.1) is 0 Å². The molecule has 1 aliphatic carbocycles. The largest absolute Gasteiger partial charge is 0.493 e. The molecule has 22 heavy (non-hydrogen) atoms.